The Labute approximate surface area is 112 Å². The van der Waals surface area contributed by atoms with E-state index in [0.29, 0.717) is 22.8 Å². The molecule has 0 fully saturated rings. The largest absolute Gasteiger partial charge is 0.496 e. The van der Waals surface area contributed by atoms with E-state index < -0.39 is 0 Å². The van der Waals surface area contributed by atoms with E-state index in [9.17, 15) is 4.79 Å². The van der Waals surface area contributed by atoms with Crippen LogP contribution in [0.3, 0.4) is 0 Å². The van der Waals surface area contributed by atoms with E-state index >= 15 is 0 Å². The average molecular weight is 267 g/mol. The van der Waals surface area contributed by atoms with E-state index in [-0.39, 0.29) is 18.4 Å². The number of amides is 1. The smallest absolute Gasteiger partial charge is 0.255 e. The minimum Gasteiger partial charge on any atom is -0.496 e. The summed E-state index contributed by atoms with van der Waals surface area (Å²) in [7, 11) is 1.49. The number of ether oxygens (including phenoxy) is 1. The van der Waals surface area contributed by atoms with Crippen molar-refractivity contribution in [1.29, 1.82) is 5.26 Å². The Hall–Kier alpha value is -1.73. The van der Waals surface area contributed by atoms with Crippen LogP contribution in [0.2, 0.25) is 5.02 Å². The molecule has 1 N–H and O–H groups in total. The van der Waals surface area contributed by atoms with Crippen LogP contribution in [0.1, 0.15) is 30.1 Å². The molecule has 0 heterocycles. The minimum absolute atomic E-state index is 0.161. The molecule has 1 rings (SSSR count). The molecule has 0 aliphatic carbocycles. The quantitative estimate of drug-likeness (QED) is 0.891. The number of halogens is 1. The van der Waals surface area contributed by atoms with Crippen LogP contribution in [0.4, 0.5) is 0 Å². The van der Waals surface area contributed by atoms with Gasteiger partial charge in [0.15, 0.2) is 0 Å². The van der Waals surface area contributed by atoms with Crippen LogP contribution in [0.5, 0.6) is 5.75 Å². The van der Waals surface area contributed by atoms with Crippen molar-refractivity contribution in [2.45, 2.75) is 25.8 Å². The lowest BCUT2D eigenvalue weighted by atomic mass is 10.1. The number of hydrogen-bond donors (Lipinski definition) is 1. The third-order valence-corrected chi connectivity index (χ3v) is 2.81. The Morgan fingerprint density at radius 2 is 2.33 bits per heavy atom. The molecule has 0 aliphatic heterocycles. The van der Waals surface area contributed by atoms with Gasteiger partial charge in [-0.05, 0) is 24.6 Å². The van der Waals surface area contributed by atoms with E-state index in [1.165, 1.54) is 7.11 Å². The summed E-state index contributed by atoms with van der Waals surface area (Å²) >= 11 is 5.86. The van der Waals surface area contributed by atoms with Gasteiger partial charge in [-0.1, -0.05) is 18.5 Å². The van der Waals surface area contributed by atoms with Gasteiger partial charge >= 0.3 is 0 Å². The fraction of sp³-hybridized carbons (Fsp3) is 0.385. The first-order valence-corrected chi connectivity index (χ1v) is 6.01. The summed E-state index contributed by atoms with van der Waals surface area (Å²) in [4.78, 5) is 12.1. The number of hydrogen-bond acceptors (Lipinski definition) is 3. The number of nitrogens with one attached hydrogen (secondary N) is 1. The second-order valence-corrected chi connectivity index (χ2v) is 4.22. The van der Waals surface area contributed by atoms with E-state index in [2.05, 4.69) is 5.32 Å². The molecule has 0 bridgehead atoms. The molecule has 0 aliphatic rings. The molecule has 18 heavy (non-hydrogen) atoms. The number of carbonyl (C=O) groups excluding carboxylic acids is 1. The van der Waals surface area contributed by atoms with Gasteiger partial charge in [0.05, 0.1) is 25.2 Å². The first-order valence-electron chi connectivity index (χ1n) is 5.63. The van der Waals surface area contributed by atoms with Crippen molar-refractivity contribution in [3.05, 3.63) is 28.8 Å². The van der Waals surface area contributed by atoms with Crippen molar-refractivity contribution in [3.8, 4) is 11.8 Å². The first-order chi connectivity index (χ1) is 8.62. The molecule has 0 radical (unpaired) electrons. The van der Waals surface area contributed by atoms with E-state index in [1.54, 1.807) is 18.2 Å². The standard InChI is InChI=1S/C13H15ClN2O2/c1-3-10(6-7-15)16-13(17)11-8-9(14)4-5-12(11)18-2/h4-5,8,10H,3,6H2,1-2H3,(H,16,17). The topological polar surface area (TPSA) is 62.1 Å². The molecule has 5 heteroatoms. The molecule has 1 aromatic carbocycles. The van der Waals surface area contributed by atoms with E-state index in [4.69, 9.17) is 21.6 Å². The third-order valence-electron chi connectivity index (χ3n) is 2.57. The molecule has 1 unspecified atom stereocenters. The Kier molecular flexibility index (Phi) is 5.47. The maximum atomic E-state index is 12.1. The highest BCUT2D eigenvalue weighted by molar-refractivity contribution is 6.31. The normalized spacial score (nSPS) is 11.4. The highest BCUT2D eigenvalue weighted by atomic mass is 35.5. The summed E-state index contributed by atoms with van der Waals surface area (Å²) in [6, 6.07) is 6.73. The number of carbonyl (C=O) groups is 1. The number of nitriles is 1. The summed E-state index contributed by atoms with van der Waals surface area (Å²) in [5.74, 6) is 0.181. The lowest BCUT2D eigenvalue weighted by Crippen LogP contribution is -2.34. The molecule has 1 aromatic rings. The van der Waals surface area contributed by atoms with Crippen molar-refractivity contribution in [1.82, 2.24) is 5.32 Å². The SMILES string of the molecule is CCC(CC#N)NC(=O)c1cc(Cl)ccc1OC. The Balaban J connectivity index is 2.89. The molecule has 0 spiro atoms. The van der Waals surface area contributed by atoms with Crippen LogP contribution in [-0.2, 0) is 0 Å². The van der Waals surface area contributed by atoms with Crippen LogP contribution in [0.25, 0.3) is 0 Å². The zero-order valence-electron chi connectivity index (χ0n) is 10.4. The van der Waals surface area contributed by atoms with Crippen molar-refractivity contribution in [2.75, 3.05) is 7.11 Å². The fourth-order valence-corrected chi connectivity index (χ4v) is 1.70. The molecule has 0 aromatic heterocycles. The predicted molar refractivity (Wildman–Crippen MR) is 69.8 cm³/mol. The highest BCUT2D eigenvalue weighted by Gasteiger charge is 2.16. The summed E-state index contributed by atoms with van der Waals surface area (Å²) in [5.41, 5.74) is 0.376. The molecule has 0 saturated heterocycles. The van der Waals surface area contributed by atoms with E-state index in [0.717, 1.165) is 0 Å². The Morgan fingerprint density at radius 1 is 1.61 bits per heavy atom. The first kappa shape index (κ1) is 14.3. The summed E-state index contributed by atoms with van der Waals surface area (Å²) in [6.45, 7) is 1.91. The van der Waals surface area contributed by atoms with Crippen molar-refractivity contribution < 1.29 is 9.53 Å². The van der Waals surface area contributed by atoms with E-state index in [1.807, 2.05) is 13.0 Å². The second kappa shape index (κ2) is 6.87. The van der Waals surface area contributed by atoms with Gasteiger partial charge in [-0.3, -0.25) is 4.79 Å². The zero-order chi connectivity index (χ0) is 13.5. The molecule has 4 nitrogen and oxygen atoms in total. The van der Waals surface area contributed by atoms with Gasteiger partial charge in [-0.25, -0.2) is 0 Å². The Bertz CT molecular complexity index is 469. The number of methoxy groups -OCH3 is 1. The maximum Gasteiger partial charge on any atom is 0.255 e. The van der Waals surface area contributed by atoms with Gasteiger partial charge in [-0.2, -0.15) is 5.26 Å². The molecule has 0 saturated carbocycles. The van der Waals surface area contributed by atoms with Gasteiger partial charge in [0, 0.05) is 11.1 Å². The molecular formula is C13H15ClN2O2. The molecule has 1 amide bonds. The second-order valence-electron chi connectivity index (χ2n) is 3.79. The molecule has 1 atom stereocenters. The zero-order valence-corrected chi connectivity index (χ0v) is 11.1. The summed E-state index contributed by atoms with van der Waals surface area (Å²) in [5, 5.41) is 11.9. The van der Waals surface area contributed by atoms with Crippen LogP contribution in [0, 0.1) is 11.3 Å². The van der Waals surface area contributed by atoms with Crippen LogP contribution in [-0.4, -0.2) is 19.1 Å². The Morgan fingerprint density at radius 3 is 2.89 bits per heavy atom. The highest BCUT2D eigenvalue weighted by Crippen LogP contribution is 2.22. The van der Waals surface area contributed by atoms with Gasteiger partial charge in [0.1, 0.15) is 5.75 Å². The van der Waals surface area contributed by atoms with Crippen molar-refractivity contribution >= 4 is 17.5 Å². The fourth-order valence-electron chi connectivity index (χ4n) is 1.53. The van der Waals surface area contributed by atoms with Gasteiger partial charge in [0.25, 0.3) is 5.91 Å². The van der Waals surface area contributed by atoms with Gasteiger partial charge in [-0.15, -0.1) is 0 Å². The monoisotopic (exact) mass is 266 g/mol. The third kappa shape index (κ3) is 3.64. The number of benzene rings is 1. The lowest BCUT2D eigenvalue weighted by Gasteiger charge is -2.15. The van der Waals surface area contributed by atoms with Gasteiger partial charge in [0.2, 0.25) is 0 Å². The lowest BCUT2D eigenvalue weighted by molar-refractivity contribution is 0.0933. The van der Waals surface area contributed by atoms with Crippen LogP contribution in [0.15, 0.2) is 18.2 Å². The molecule has 96 valence electrons. The predicted octanol–water partition coefficient (Wildman–Crippen LogP) is 2.77. The minimum atomic E-state index is -0.281. The molecular weight excluding hydrogens is 252 g/mol. The van der Waals surface area contributed by atoms with Gasteiger partial charge < -0.3 is 10.1 Å². The summed E-state index contributed by atoms with van der Waals surface area (Å²) < 4.78 is 5.11. The number of rotatable bonds is 5. The van der Waals surface area contributed by atoms with Crippen LogP contribution < -0.4 is 10.1 Å². The van der Waals surface area contributed by atoms with Crippen LogP contribution >= 0.6 is 11.6 Å². The number of nitrogens with zero attached hydrogens (tertiary/aromatic N) is 1. The summed E-state index contributed by atoms with van der Waals surface area (Å²) in [6.07, 6.45) is 0.979. The maximum absolute atomic E-state index is 12.1. The average Bonchev–Trinajstić information content (AvgIpc) is 2.38. The van der Waals surface area contributed by atoms with Crippen molar-refractivity contribution in [2.24, 2.45) is 0 Å². The van der Waals surface area contributed by atoms with Crippen molar-refractivity contribution in [3.63, 3.8) is 0 Å².